The molecule has 1 saturated heterocycles. The standard InChI is InChI=1S/C19H19N3O4/c1-26-19(25)13-5-4-7-15(9-13)21-18(24)14-10-17(23)22(11-14)12-16-6-2-3-8-20-16/h2-9,14H,10-12H2,1H3,(H,21,24)/t14-/m0/s1. The molecule has 0 bridgehead atoms. The molecule has 0 aliphatic carbocycles. The van der Waals surface area contributed by atoms with Crippen LogP contribution in [0.25, 0.3) is 0 Å². The Kier molecular flexibility index (Phi) is 5.26. The van der Waals surface area contributed by atoms with Crippen LogP contribution in [0.4, 0.5) is 5.69 Å². The number of esters is 1. The average molecular weight is 353 g/mol. The first kappa shape index (κ1) is 17.6. The van der Waals surface area contributed by atoms with Crippen molar-refractivity contribution in [3.8, 4) is 0 Å². The molecule has 2 amide bonds. The summed E-state index contributed by atoms with van der Waals surface area (Å²) in [5.41, 5.74) is 1.63. The van der Waals surface area contributed by atoms with Gasteiger partial charge < -0.3 is 15.0 Å². The van der Waals surface area contributed by atoms with E-state index in [1.165, 1.54) is 7.11 Å². The van der Waals surface area contributed by atoms with Gasteiger partial charge in [0.05, 0.1) is 30.8 Å². The van der Waals surface area contributed by atoms with Crippen LogP contribution in [0.2, 0.25) is 0 Å². The summed E-state index contributed by atoms with van der Waals surface area (Å²) in [6.45, 7) is 0.735. The van der Waals surface area contributed by atoms with E-state index < -0.39 is 11.9 Å². The first-order chi connectivity index (χ1) is 12.6. The second-order valence-corrected chi connectivity index (χ2v) is 6.06. The summed E-state index contributed by atoms with van der Waals surface area (Å²) >= 11 is 0. The van der Waals surface area contributed by atoms with Gasteiger partial charge in [0.25, 0.3) is 0 Å². The number of methoxy groups -OCH3 is 1. The molecule has 0 radical (unpaired) electrons. The number of amides is 2. The minimum Gasteiger partial charge on any atom is -0.465 e. The molecular weight excluding hydrogens is 334 g/mol. The van der Waals surface area contributed by atoms with Gasteiger partial charge in [-0.1, -0.05) is 12.1 Å². The molecule has 0 unspecified atom stereocenters. The third-order valence-electron chi connectivity index (χ3n) is 4.22. The number of nitrogens with one attached hydrogen (secondary N) is 1. The lowest BCUT2D eigenvalue weighted by Gasteiger charge is -2.16. The molecule has 7 nitrogen and oxygen atoms in total. The summed E-state index contributed by atoms with van der Waals surface area (Å²) in [5.74, 6) is -1.23. The first-order valence-corrected chi connectivity index (χ1v) is 8.23. The molecule has 1 fully saturated rings. The second-order valence-electron chi connectivity index (χ2n) is 6.06. The summed E-state index contributed by atoms with van der Waals surface area (Å²) in [5, 5.41) is 2.77. The Hall–Kier alpha value is -3.22. The van der Waals surface area contributed by atoms with Crippen molar-refractivity contribution in [2.75, 3.05) is 19.0 Å². The lowest BCUT2D eigenvalue weighted by Crippen LogP contribution is -2.28. The number of carbonyl (C=O) groups is 3. The fourth-order valence-electron chi connectivity index (χ4n) is 2.87. The Morgan fingerprint density at radius 1 is 1.27 bits per heavy atom. The highest BCUT2D eigenvalue weighted by Crippen LogP contribution is 2.22. The number of pyridine rings is 1. The molecule has 1 aromatic heterocycles. The van der Waals surface area contributed by atoms with Crippen molar-refractivity contribution in [1.29, 1.82) is 0 Å². The van der Waals surface area contributed by atoms with Crippen molar-refractivity contribution in [2.45, 2.75) is 13.0 Å². The zero-order chi connectivity index (χ0) is 18.5. The number of aromatic nitrogens is 1. The van der Waals surface area contributed by atoms with E-state index in [1.54, 1.807) is 35.4 Å². The summed E-state index contributed by atoms with van der Waals surface area (Å²) in [4.78, 5) is 42.1. The minimum absolute atomic E-state index is 0.0703. The number of carbonyl (C=O) groups excluding carboxylic acids is 3. The maximum atomic E-state index is 12.5. The third kappa shape index (κ3) is 4.05. The van der Waals surface area contributed by atoms with Crippen LogP contribution in [0, 0.1) is 5.92 Å². The molecule has 1 atom stereocenters. The van der Waals surface area contributed by atoms with Gasteiger partial charge in [-0.25, -0.2) is 4.79 Å². The second kappa shape index (κ2) is 7.77. The molecular formula is C19H19N3O4. The van der Waals surface area contributed by atoms with E-state index in [0.717, 1.165) is 5.69 Å². The van der Waals surface area contributed by atoms with Gasteiger partial charge in [0.15, 0.2) is 0 Å². The van der Waals surface area contributed by atoms with Crippen molar-refractivity contribution in [1.82, 2.24) is 9.88 Å². The van der Waals surface area contributed by atoms with E-state index in [4.69, 9.17) is 0 Å². The molecule has 3 rings (SSSR count). The van der Waals surface area contributed by atoms with Gasteiger partial charge in [-0.15, -0.1) is 0 Å². The van der Waals surface area contributed by atoms with E-state index in [9.17, 15) is 14.4 Å². The van der Waals surface area contributed by atoms with E-state index >= 15 is 0 Å². The largest absolute Gasteiger partial charge is 0.465 e. The van der Waals surface area contributed by atoms with Crippen molar-refractivity contribution < 1.29 is 19.1 Å². The van der Waals surface area contributed by atoms with Crippen LogP contribution in [-0.4, -0.2) is 41.3 Å². The molecule has 1 aliphatic rings. The zero-order valence-electron chi connectivity index (χ0n) is 14.3. The van der Waals surface area contributed by atoms with Gasteiger partial charge in [0, 0.05) is 24.8 Å². The van der Waals surface area contributed by atoms with E-state index in [-0.39, 0.29) is 18.2 Å². The van der Waals surface area contributed by atoms with Gasteiger partial charge >= 0.3 is 5.97 Å². The quantitative estimate of drug-likeness (QED) is 0.829. The van der Waals surface area contributed by atoms with Gasteiger partial charge in [-0.05, 0) is 30.3 Å². The maximum Gasteiger partial charge on any atom is 0.337 e. The SMILES string of the molecule is COC(=O)c1cccc(NC(=O)[C@H]2CC(=O)N(Cc3ccccn3)C2)c1. The van der Waals surface area contributed by atoms with E-state index in [2.05, 4.69) is 15.0 Å². The van der Waals surface area contributed by atoms with Crippen molar-refractivity contribution in [3.63, 3.8) is 0 Å². The van der Waals surface area contributed by atoms with Crippen LogP contribution >= 0.6 is 0 Å². The Balaban J connectivity index is 1.62. The van der Waals surface area contributed by atoms with E-state index in [1.807, 2.05) is 18.2 Å². The number of nitrogens with zero attached hydrogens (tertiary/aromatic N) is 2. The molecule has 1 aliphatic heterocycles. The summed E-state index contributed by atoms with van der Waals surface area (Å²) in [6, 6.07) is 12.0. The summed E-state index contributed by atoms with van der Waals surface area (Å²) < 4.78 is 4.67. The molecule has 1 N–H and O–H groups in total. The Bertz CT molecular complexity index is 823. The van der Waals surface area contributed by atoms with Crippen molar-refractivity contribution in [2.24, 2.45) is 5.92 Å². The predicted octanol–water partition coefficient (Wildman–Crippen LogP) is 1.86. The molecule has 0 spiro atoms. The molecule has 2 aromatic rings. The van der Waals surface area contributed by atoms with Gasteiger partial charge in [0.2, 0.25) is 11.8 Å². The fourth-order valence-corrected chi connectivity index (χ4v) is 2.87. The molecule has 134 valence electrons. The highest BCUT2D eigenvalue weighted by Gasteiger charge is 2.34. The van der Waals surface area contributed by atoms with Crippen LogP contribution < -0.4 is 5.32 Å². The fraction of sp³-hybridized carbons (Fsp3) is 0.263. The van der Waals surface area contributed by atoms with Crippen molar-refractivity contribution in [3.05, 3.63) is 59.9 Å². The number of hydrogen-bond donors (Lipinski definition) is 1. The number of hydrogen-bond acceptors (Lipinski definition) is 5. The Morgan fingerprint density at radius 2 is 2.12 bits per heavy atom. The van der Waals surface area contributed by atoms with Crippen LogP contribution in [0.15, 0.2) is 48.7 Å². The highest BCUT2D eigenvalue weighted by molar-refractivity contribution is 5.98. The van der Waals surface area contributed by atoms with Gasteiger partial charge in [-0.3, -0.25) is 14.6 Å². The number of likely N-dealkylation sites (tertiary alicyclic amines) is 1. The third-order valence-corrected chi connectivity index (χ3v) is 4.22. The van der Waals surface area contributed by atoms with Gasteiger partial charge in [0.1, 0.15) is 0 Å². The van der Waals surface area contributed by atoms with E-state index in [0.29, 0.717) is 24.3 Å². The smallest absolute Gasteiger partial charge is 0.337 e. The van der Waals surface area contributed by atoms with Crippen LogP contribution in [-0.2, 0) is 20.9 Å². The maximum absolute atomic E-state index is 12.5. The minimum atomic E-state index is -0.473. The Labute approximate surface area is 151 Å². The normalized spacial score (nSPS) is 16.4. The van der Waals surface area contributed by atoms with Crippen LogP contribution in [0.1, 0.15) is 22.5 Å². The molecule has 1 aromatic carbocycles. The van der Waals surface area contributed by atoms with Crippen LogP contribution in [0.3, 0.4) is 0 Å². The predicted molar refractivity (Wildman–Crippen MR) is 94.2 cm³/mol. The van der Waals surface area contributed by atoms with Gasteiger partial charge in [-0.2, -0.15) is 0 Å². The molecule has 26 heavy (non-hydrogen) atoms. The molecule has 2 heterocycles. The Morgan fingerprint density at radius 3 is 2.85 bits per heavy atom. The lowest BCUT2D eigenvalue weighted by molar-refractivity contribution is -0.128. The number of anilines is 1. The van der Waals surface area contributed by atoms with Crippen molar-refractivity contribution >= 4 is 23.5 Å². The lowest BCUT2D eigenvalue weighted by atomic mass is 10.1. The monoisotopic (exact) mass is 353 g/mol. The highest BCUT2D eigenvalue weighted by atomic mass is 16.5. The molecule has 7 heteroatoms. The number of rotatable bonds is 5. The van der Waals surface area contributed by atoms with Crippen LogP contribution in [0.5, 0.6) is 0 Å². The number of ether oxygens (including phenoxy) is 1. The number of benzene rings is 1. The average Bonchev–Trinajstić information content (AvgIpc) is 3.03. The zero-order valence-corrected chi connectivity index (χ0v) is 14.3. The molecule has 0 saturated carbocycles. The first-order valence-electron chi connectivity index (χ1n) is 8.23. The summed E-state index contributed by atoms with van der Waals surface area (Å²) in [6.07, 6.45) is 1.84. The summed E-state index contributed by atoms with van der Waals surface area (Å²) in [7, 11) is 1.30. The topological polar surface area (TPSA) is 88.6 Å².